The van der Waals surface area contributed by atoms with E-state index in [1.807, 2.05) is 17.0 Å². The first-order chi connectivity index (χ1) is 9.47. The second-order valence-corrected chi connectivity index (χ2v) is 6.14. The van der Waals surface area contributed by atoms with Crippen molar-refractivity contribution < 1.29 is 4.79 Å². The van der Waals surface area contributed by atoms with Crippen LogP contribution < -0.4 is 10.6 Å². The fraction of sp³-hybridized carbons (Fsp3) is 0.533. The average molecular weight is 296 g/mol. The monoisotopic (exact) mass is 295 g/mol. The third kappa shape index (κ3) is 3.64. The number of halogens is 1. The van der Waals surface area contributed by atoms with Crippen LogP contribution in [0.15, 0.2) is 24.3 Å². The Morgan fingerprint density at radius 3 is 2.90 bits per heavy atom. The smallest absolute Gasteiger partial charge is 0.319 e. The third-order valence-electron chi connectivity index (χ3n) is 3.74. The number of hydrogen-bond acceptors (Lipinski definition) is 2. The molecule has 1 saturated heterocycles. The molecule has 2 rings (SSSR count). The number of nitrogens with one attached hydrogen (secondary N) is 2. The summed E-state index contributed by atoms with van der Waals surface area (Å²) in [6.07, 6.45) is 0. The summed E-state index contributed by atoms with van der Waals surface area (Å²) in [5.74, 6) is 0.504. The maximum Gasteiger partial charge on any atom is 0.322 e. The number of urea groups is 1. The van der Waals surface area contributed by atoms with Crippen molar-refractivity contribution >= 4 is 23.3 Å². The van der Waals surface area contributed by atoms with Gasteiger partial charge in [0.25, 0.3) is 0 Å². The highest BCUT2D eigenvalue weighted by atomic mass is 35.5. The van der Waals surface area contributed by atoms with Gasteiger partial charge in [0.15, 0.2) is 0 Å². The summed E-state index contributed by atoms with van der Waals surface area (Å²) in [5, 5.41) is 7.02. The van der Waals surface area contributed by atoms with Gasteiger partial charge in [0.05, 0.1) is 0 Å². The van der Waals surface area contributed by atoms with Crippen LogP contribution in [0.4, 0.5) is 10.5 Å². The van der Waals surface area contributed by atoms with Gasteiger partial charge in [0.2, 0.25) is 0 Å². The molecule has 2 N–H and O–H groups in total. The molecule has 1 aliphatic heterocycles. The van der Waals surface area contributed by atoms with Gasteiger partial charge < -0.3 is 15.5 Å². The quantitative estimate of drug-likeness (QED) is 0.880. The van der Waals surface area contributed by atoms with Gasteiger partial charge in [-0.05, 0) is 31.0 Å². The molecule has 20 heavy (non-hydrogen) atoms. The zero-order valence-electron chi connectivity index (χ0n) is 12.2. The molecule has 0 radical (unpaired) electrons. The van der Waals surface area contributed by atoms with Crippen LogP contribution in [0.5, 0.6) is 0 Å². The highest BCUT2D eigenvalue weighted by Crippen LogP contribution is 2.18. The van der Waals surface area contributed by atoms with Crippen molar-refractivity contribution in [1.82, 2.24) is 10.2 Å². The van der Waals surface area contributed by atoms with Gasteiger partial charge in [-0.25, -0.2) is 4.79 Å². The number of rotatable bonds is 2. The Kier molecular flexibility index (Phi) is 4.89. The normalized spacial score (nSPS) is 22.9. The zero-order chi connectivity index (χ0) is 14.7. The molecule has 0 saturated carbocycles. The standard InChI is InChI=1S/C15H22ClN3O/c1-10(2)14-9-19(11(3)8-17-14)15(20)18-13-6-4-5-12(16)7-13/h4-7,10-11,14,17H,8-9H2,1-3H3,(H,18,20). The van der Waals surface area contributed by atoms with E-state index in [1.165, 1.54) is 0 Å². The predicted molar refractivity (Wildman–Crippen MR) is 83.3 cm³/mol. The molecule has 2 unspecified atom stereocenters. The molecule has 4 nitrogen and oxygen atoms in total. The van der Waals surface area contributed by atoms with E-state index in [2.05, 4.69) is 31.4 Å². The van der Waals surface area contributed by atoms with E-state index in [-0.39, 0.29) is 12.1 Å². The van der Waals surface area contributed by atoms with Gasteiger partial charge in [0.1, 0.15) is 0 Å². The molecule has 0 spiro atoms. The lowest BCUT2D eigenvalue weighted by Gasteiger charge is -2.40. The van der Waals surface area contributed by atoms with Crippen molar-refractivity contribution in [3.63, 3.8) is 0 Å². The Morgan fingerprint density at radius 2 is 2.25 bits per heavy atom. The Bertz CT molecular complexity index is 478. The summed E-state index contributed by atoms with van der Waals surface area (Å²) in [5.41, 5.74) is 0.731. The summed E-state index contributed by atoms with van der Waals surface area (Å²) < 4.78 is 0. The minimum atomic E-state index is -0.0630. The summed E-state index contributed by atoms with van der Waals surface area (Å²) in [6, 6.07) is 7.69. The molecule has 110 valence electrons. The lowest BCUT2D eigenvalue weighted by molar-refractivity contribution is 0.145. The summed E-state index contributed by atoms with van der Waals surface area (Å²) in [7, 11) is 0. The van der Waals surface area contributed by atoms with Crippen LogP contribution >= 0.6 is 11.6 Å². The summed E-state index contributed by atoms with van der Waals surface area (Å²) >= 11 is 5.93. The number of piperazine rings is 1. The van der Waals surface area contributed by atoms with E-state index in [0.29, 0.717) is 17.0 Å². The van der Waals surface area contributed by atoms with E-state index in [1.54, 1.807) is 12.1 Å². The van der Waals surface area contributed by atoms with Crippen LogP contribution in [0, 0.1) is 5.92 Å². The van der Waals surface area contributed by atoms with E-state index in [9.17, 15) is 4.79 Å². The molecule has 0 bridgehead atoms. The SMILES string of the molecule is CC(C)C1CN(C(=O)Nc2cccc(Cl)c2)C(C)CN1. The molecule has 1 aromatic rings. The number of carbonyl (C=O) groups is 1. The largest absolute Gasteiger partial charge is 0.322 e. The number of amides is 2. The molecule has 5 heteroatoms. The molecule has 2 amide bonds. The number of nitrogens with zero attached hydrogens (tertiary/aromatic N) is 1. The Hall–Kier alpha value is -1.26. The second-order valence-electron chi connectivity index (χ2n) is 5.70. The van der Waals surface area contributed by atoms with Crippen LogP contribution in [0.3, 0.4) is 0 Å². The topological polar surface area (TPSA) is 44.4 Å². The Morgan fingerprint density at radius 1 is 1.50 bits per heavy atom. The van der Waals surface area contributed by atoms with Crippen molar-refractivity contribution in [2.75, 3.05) is 18.4 Å². The minimum Gasteiger partial charge on any atom is -0.319 e. The number of anilines is 1. The summed E-state index contributed by atoms with van der Waals surface area (Å²) in [4.78, 5) is 14.3. The van der Waals surface area contributed by atoms with Crippen molar-refractivity contribution in [2.45, 2.75) is 32.9 Å². The first-order valence-corrected chi connectivity index (χ1v) is 7.41. The van der Waals surface area contributed by atoms with Crippen LogP contribution in [0.1, 0.15) is 20.8 Å². The molecule has 1 aromatic carbocycles. The van der Waals surface area contributed by atoms with Crippen molar-refractivity contribution in [2.24, 2.45) is 5.92 Å². The van der Waals surface area contributed by atoms with Gasteiger partial charge in [0, 0.05) is 35.9 Å². The molecular formula is C15H22ClN3O. The maximum absolute atomic E-state index is 12.4. The average Bonchev–Trinajstić information content (AvgIpc) is 2.38. The number of hydrogen-bond donors (Lipinski definition) is 2. The minimum absolute atomic E-state index is 0.0630. The van der Waals surface area contributed by atoms with E-state index in [4.69, 9.17) is 11.6 Å². The Balaban J connectivity index is 2.03. The van der Waals surface area contributed by atoms with E-state index < -0.39 is 0 Å². The van der Waals surface area contributed by atoms with Crippen molar-refractivity contribution in [3.05, 3.63) is 29.3 Å². The van der Waals surface area contributed by atoms with Crippen molar-refractivity contribution in [1.29, 1.82) is 0 Å². The molecule has 1 aliphatic rings. The highest BCUT2D eigenvalue weighted by Gasteiger charge is 2.29. The fourth-order valence-corrected chi connectivity index (χ4v) is 2.57. The van der Waals surface area contributed by atoms with E-state index in [0.717, 1.165) is 18.8 Å². The van der Waals surface area contributed by atoms with Crippen LogP contribution in [-0.2, 0) is 0 Å². The Labute approximate surface area is 125 Å². The van der Waals surface area contributed by atoms with E-state index >= 15 is 0 Å². The van der Waals surface area contributed by atoms with Gasteiger partial charge >= 0.3 is 6.03 Å². The van der Waals surface area contributed by atoms with Gasteiger partial charge in [-0.15, -0.1) is 0 Å². The first kappa shape index (κ1) is 15.1. The summed E-state index contributed by atoms with van der Waals surface area (Å²) in [6.45, 7) is 7.94. The molecule has 2 atom stereocenters. The predicted octanol–water partition coefficient (Wildman–Crippen LogP) is 3.19. The van der Waals surface area contributed by atoms with Crippen molar-refractivity contribution in [3.8, 4) is 0 Å². The lowest BCUT2D eigenvalue weighted by atomic mass is 10.00. The molecule has 1 heterocycles. The van der Waals surface area contributed by atoms with Gasteiger partial charge in [-0.3, -0.25) is 0 Å². The van der Waals surface area contributed by atoms with Crippen LogP contribution in [-0.4, -0.2) is 36.1 Å². The maximum atomic E-state index is 12.4. The highest BCUT2D eigenvalue weighted by molar-refractivity contribution is 6.30. The van der Waals surface area contributed by atoms with Crippen LogP contribution in [0.2, 0.25) is 5.02 Å². The lowest BCUT2D eigenvalue weighted by Crippen LogP contribution is -2.59. The fourth-order valence-electron chi connectivity index (χ4n) is 2.38. The third-order valence-corrected chi connectivity index (χ3v) is 3.98. The molecule has 0 aromatic heterocycles. The molecule has 1 fully saturated rings. The number of benzene rings is 1. The molecular weight excluding hydrogens is 274 g/mol. The zero-order valence-corrected chi connectivity index (χ0v) is 12.9. The molecule has 0 aliphatic carbocycles. The van der Waals surface area contributed by atoms with Crippen LogP contribution in [0.25, 0.3) is 0 Å². The van der Waals surface area contributed by atoms with Gasteiger partial charge in [-0.2, -0.15) is 0 Å². The number of carbonyl (C=O) groups excluding carboxylic acids is 1. The first-order valence-electron chi connectivity index (χ1n) is 7.04. The second kappa shape index (κ2) is 6.46. The van der Waals surface area contributed by atoms with Gasteiger partial charge in [-0.1, -0.05) is 31.5 Å².